The number of amides is 1. The highest BCUT2D eigenvalue weighted by Crippen LogP contribution is 2.20. The number of methoxy groups -OCH3 is 1. The van der Waals surface area contributed by atoms with E-state index in [9.17, 15) is 9.59 Å². The van der Waals surface area contributed by atoms with Gasteiger partial charge in [-0.15, -0.1) is 0 Å². The standard InChI is InChI=1S/C19H17N3O3/c1-25-15-9-7-14(8-10-15)16-11-17(22-19(24)21-16)18(23)20-12-13-5-3-2-4-6-13/h2-11H,12H2,1H3,(H,20,23)(H,21,22,24). The fourth-order valence-electron chi connectivity index (χ4n) is 2.36. The van der Waals surface area contributed by atoms with Gasteiger partial charge in [-0.05, 0) is 35.9 Å². The maximum absolute atomic E-state index is 12.3. The SMILES string of the molecule is COc1ccc(-c2cc(C(=O)NCc3ccccc3)[nH]c(=O)n2)cc1. The zero-order valence-electron chi connectivity index (χ0n) is 13.7. The molecule has 0 aliphatic heterocycles. The molecule has 6 nitrogen and oxygen atoms in total. The van der Waals surface area contributed by atoms with E-state index in [2.05, 4.69) is 15.3 Å². The van der Waals surface area contributed by atoms with Gasteiger partial charge >= 0.3 is 5.69 Å². The molecule has 0 fully saturated rings. The molecule has 3 rings (SSSR count). The Labute approximate surface area is 144 Å². The highest BCUT2D eigenvalue weighted by Gasteiger charge is 2.10. The van der Waals surface area contributed by atoms with Crippen molar-refractivity contribution in [2.75, 3.05) is 7.11 Å². The van der Waals surface area contributed by atoms with E-state index < -0.39 is 5.69 Å². The van der Waals surface area contributed by atoms with Crippen molar-refractivity contribution in [2.24, 2.45) is 0 Å². The summed E-state index contributed by atoms with van der Waals surface area (Å²) < 4.78 is 5.11. The fraction of sp³-hybridized carbons (Fsp3) is 0.105. The molecule has 126 valence electrons. The molecule has 1 aromatic heterocycles. The Morgan fingerprint density at radius 2 is 1.84 bits per heavy atom. The van der Waals surface area contributed by atoms with Crippen LogP contribution in [0.4, 0.5) is 0 Å². The van der Waals surface area contributed by atoms with Gasteiger partial charge in [0, 0.05) is 12.1 Å². The minimum absolute atomic E-state index is 0.168. The zero-order valence-corrected chi connectivity index (χ0v) is 13.7. The van der Waals surface area contributed by atoms with Gasteiger partial charge in [0.05, 0.1) is 12.8 Å². The highest BCUT2D eigenvalue weighted by atomic mass is 16.5. The Kier molecular flexibility index (Phi) is 4.89. The maximum Gasteiger partial charge on any atom is 0.346 e. The van der Waals surface area contributed by atoms with Gasteiger partial charge in [-0.1, -0.05) is 30.3 Å². The van der Waals surface area contributed by atoms with Gasteiger partial charge in [0.1, 0.15) is 11.4 Å². The third kappa shape index (κ3) is 4.11. The molecule has 0 saturated heterocycles. The van der Waals surface area contributed by atoms with Crippen LogP contribution in [0.1, 0.15) is 16.1 Å². The maximum atomic E-state index is 12.3. The molecule has 1 amide bonds. The number of hydrogen-bond acceptors (Lipinski definition) is 4. The lowest BCUT2D eigenvalue weighted by Crippen LogP contribution is -2.27. The van der Waals surface area contributed by atoms with Gasteiger partial charge in [-0.2, -0.15) is 4.98 Å². The lowest BCUT2D eigenvalue weighted by molar-refractivity contribution is 0.0945. The third-order valence-corrected chi connectivity index (χ3v) is 3.67. The van der Waals surface area contributed by atoms with Crippen LogP contribution in [0.5, 0.6) is 5.75 Å². The van der Waals surface area contributed by atoms with Crippen molar-refractivity contribution in [1.82, 2.24) is 15.3 Å². The second-order valence-electron chi connectivity index (χ2n) is 5.38. The van der Waals surface area contributed by atoms with E-state index >= 15 is 0 Å². The predicted molar refractivity (Wildman–Crippen MR) is 94.5 cm³/mol. The van der Waals surface area contributed by atoms with E-state index in [-0.39, 0.29) is 11.6 Å². The molecule has 2 aromatic carbocycles. The highest BCUT2D eigenvalue weighted by molar-refractivity contribution is 5.93. The second-order valence-corrected chi connectivity index (χ2v) is 5.38. The number of benzene rings is 2. The Morgan fingerprint density at radius 1 is 1.12 bits per heavy atom. The van der Waals surface area contributed by atoms with E-state index in [0.29, 0.717) is 18.0 Å². The lowest BCUT2D eigenvalue weighted by atomic mass is 10.1. The third-order valence-electron chi connectivity index (χ3n) is 3.67. The summed E-state index contributed by atoms with van der Waals surface area (Å²) in [6, 6.07) is 18.2. The molecule has 0 unspecified atom stereocenters. The topological polar surface area (TPSA) is 84.1 Å². The normalized spacial score (nSPS) is 10.3. The number of hydrogen-bond donors (Lipinski definition) is 2. The summed E-state index contributed by atoms with van der Waals surface area (Å²) in [5, 5.41) is 2.78. The van der Waals surface area contributed by atoms with Gasteiger partial charge in [-0.25, -0.2) is 4.79 Å². The Balaban J connectivity index is 1.80. The van der Waals surface area contributed by atoms with Gasteiger partial charge in [-0.3, -0.25) is 4.79 Å². The van der Waals surface area contributed by atoms with Crippen LogP contribution in [0, 0.1) is 0 Å². The van der Waals surface area contributed by atoms with Crippen molar-refractivity contribution in [2.45, 2.75) is 6.54 Å². The van der Waals surface area contributed by atoms with Crippen LogP contribution in [0.2, 0.25) is 0 Å². The number of ether oxygens (including phenoxy) is 1. The average molecular weight is 335 g/mol. The quantitative estimate of drug-likeness (QED) is 0.750. The van der Waals surface area contributed by atoms with Crippen LogP contribution in [0.25, 0.3) is 11.3 Å². The molecule has 0 saturated carbocycles. The minimum Gasteiger partial charge on any atom is -0.497 e. The van der Waals surface area contributed by atoms with Crippen molar-refractivity contribution in [3.05, 3.63) is 82.4 Å². The molecule has 6 heteroatoms. The van der Waals surface area contributed by atoms with Crippen molar-refractivity contribution in [3.63, 3.8) is 0 Å². The Bertz CT molecular complexity index is 919. The van der Waals surface area contributed by atoms with Crippen LogP contribution in [0.15, 0.2) is 65.5 Å². The van der Waals surface area contributed by atoms with Crippen molar-refractivity contribution in [1.29, 1.82) is 0 Å². The zero-order chi connectivity index (χ0) is 17.6. The number of nitrogens with one attached hydrogen (secondary N) is 2. The van der Waals surface area contributed by atoms with Crippen molar-refractivity contribution < 1.29 is 9.53 Å². The van der Waals surface area contributed by atoms with Gasteiger partial charge < -0.3 is 15.0 Å². The number of aromatic nitrogens is 2. The number of H-pyrrole nitrogens is 1. The van der Waals surface area contributed by atoms with Crippen LogP contribution in [-0.4, -0.2) is 23.0 Å². The molecule has 1 heterocycles. The predicted octanol–water partition coefficient (Wildman–Crippen LogP) is 2.38. The van der Waals surface area contributed by atoms with Crippen molar-refractivity contribution >= 4 is 5.91 Å². The summed E-state index contributed by atoms with van der Waals surface area (Å²) in [6.45, 7) is 0.377. The number of carbonyl (C=O) groups is 1. The summed E-state index contributed by atoms with van der Waals surface area (Å²) >= 11 is 0. The van der Waals surface area contributed by atoms with Gasteiger partial charge in [0.2, 0.25) is 0 Å². The first-order valence-electron chi connectivity index (χ1n) is 7.73. The molecule has 3 aromatic rings. The van der Waals surface area contributed by atoms with Crippen LogP contribution in [-0.2, 0) is 6.54 Å². The van der Waals surface area contributed by atoms with E-state index in [1.54, 1.807) is 37.4 Å². The molecule has 25 heavy (non-hydrogen) atoms. The van der Waals surface area contributed by atoms with E-state index in [0.717, 1.165) is 11.1 Å². The lowest BCUT2D eigenvalue weighted by Gasteiger charge is -2.07. The van der Waals surface area contributed by atoms with Crippen LogP contribution in [0.3, 0.4) is 0 Å². The average Bonchev–Trinajstić information content (AvgIpc) is 2.66. The number of carbonyl (C=O) groups excluding carboxylic acids is 1. The number of nitrogens with zero attached hydrogens (tertiary/aromatic N) is 1. The molecule has 0 bridgehead atoms. The molecule has 0 spiro atoms. The fourth-order valence-corrected chi connectivity index (χ4v) is 2.36. The van der Waals surface area contributed by atoms with E-state index in [1.165, 1.54) is 0 Å². The molecule has 2 N–H and O–H groups in total. The Morgan fingerprint density at radius 3 is 2.52 bits per heavy atom. The smallest absolute Gasteiger partial charge is 0.346 e. The molecule has 0 radical (unpaired) electrons. The number of aromatic amines is 1. The first-order valence-corrected chi connectivity index (χ1v) is 7.73. The number of rotatable bonds is 5. The summed E-state index contributed by atoms with van der Waals surface area (Å²) in [7, 11) is 1.58. The Hall–Kier alpha value is -3.41. The minimum atomic E-state index is -0.571. The first kappa shape index (κ1) is 16.4. The first-order chi connectivity index (χ1) is 12.2. The molecule has 0 aliphatic rings. The summed E-state index contributed by atoms with van der Waals surface area (Å²) in [5.74, 6) is 0.340. The van der Waals surface area contributed by atoms with Crippen LogP contribution < -0.4 is 15.7 Å². The summed E-state index contributed by atoms with van der Waals surface area (Å²) in [6.07, 6.45) is 0. The van der Waals surface area contributed by atoms with Crippen LogP contribution >= 0.6 is 0 Å². The molecular formula is C19H17N3O3. The second kappa shape index (κ2) is 7.44. The molecular weight excluding hydrogens is 318 g/mol. The summed E-state index contributed by atoms with van der Waals surface area (Å²) in [4.78, 5) is 30.5. The van der Waals surface area contributed by atoms with Gasteiger partial charge in [0.25, 0.3) is 5.91 Å². The van der Waals surface area contributed by atoms with Crippen molar-refractivity contribution in [3.8, 4) is 17.0 Å². The van der Waals surface area contributed by atoms with Gasteiger partial charge in [0.15, 0.2) is 0 Å². The van der Waals surface area contributed by atoms with E-state index in [4.69, 9.17) is 4.74 Å². The summed E-state index contributed by atoms with van der Waals surface area (Å²) in [5.41, 5.74) is 1.72. The van der Waals surface area contributed by atoms with E-state index in [1.807, 2.05) is 30.3 Å². The molecule has 0 aliphatic carbocycles. The molecule has 0 atom stereocenters. The monoisotopic (exact) mass is 335 g/mol. The largest absolute Gasteiger partial charge is 0.497 e.